The molecule has 0 saturated carbocycles. The van der Waals surface area contributed by atoms with Gasteiger partial charge >= 0.3 is 19.4 Å². The number of aromatic amines is 2. The first-order chi connectivity index (χ1) is 21.6. The number of nitrogens with two attached hydrogens (primary N) is 1. The number of nitrogens with zero attached hydrogens (tertiary/aromatic N) is 6. The first-order valence-corrected chi connectivity index (χ1v) is 18.2. The Bertz CT molecular complexity index is 2060. The Morgan fingerprint density at radius 3 is 2.50 bits per heavy atom. The van der Waals surface area contributed by atoms with E-state index < -0.39 is 86.8 Å². The number of nitrogens with one attached hydrogen (secondary N) is 2. The van der Waals surface area contributed by atoms with Crippen LogP contribution in [0.2, 0.25) is 0 Å². The third-order valence-electron chi connectivity index (χ3n) is 7.26. The van der Waals surface area contributed by atoms with Crippen LogP contribution in [0.1, 0.15) is 12.5 Å². The highest BCUT2D eigenvalue weighted by atomic mass is 32.7. The predicted octanol–water partition coefficient (Wildman–Crippen LogP) is 0.675. The molecule has 0 amide bonds. The number of fused-ring (bicyclic) bond motifs is 5. The normalized spacial score (nSPS) is 36.7. The summed E-state index contributed by atoms with van der Waals surface area (Å²) in [7, 11) is 0. The maximum atomic E-state index is 16.0. The van der Waals surface area contributed by atoms with Crippen molar-refractivity contribution in [3.63, 3.8) is 0 Å². The number of thiol groups is 1. The van der Waals surface area contributed by atoms with Gasteiger partial charge in [-0.3, -0.25) is 37.3 Å². The van der Waals surface area contributed by atoms with Crippen molar-refractivity contribution in [3.8, 4) is 0 Å². The fourth-order valence-electron chi connectivity index (χ4n) is 5.25. The fraction of sp³-hybridized carbons (Fsp3) is 0.500. The SMILES string of the molecule is Nc1nc2c(ncn2[C@@H]2O[C@@H]3COP(O)(=S)O[C@@H]4[C@@H](COP(=O)(S)O[C@@H]2[C@@H]3F)O[C@@H](n2cnc3c(=O)[nH]cnc32)C4(F)F)c(=O)[nH]1. The number of nitrogen functional groups attached to an aromatic ring is 1. The minimum absolute atomic E-state index is 0.153. The molecule has 0 aromatic carbocycles. The van der Waals surface area contributed by atoms with E-state index in [-0.39, 0.29) is 28.3 Å². The van der Waals surface area contributed by atoms with Crippen molar-refractivity contribution in [2.75, 3.05) is 18.9 Å². The molecule has 4 aromatic rings. The van der Waals surface area contributed by atoms with Crippen molar-refractivity contribution in [1.82, 2.24) is 39.0 Å². The van der Waals surface area contributed by atoms with Crippen LogP contribution in [0.15, 0.2) is 28.6 Å². The molecule has 0 aliphatic carbocycles. The van der Waals surface area contributed by atoms with E-state index in [4.69, 9.17) is 45.1 Å². The lowest BCUT2D eigenvalue weighted by atomic mass is 10.1. The zero-order chi connectivity index (χ0) is 32.8. The van der Waals surface area contributed by atoms with Gasteiger partial charge in [0, 0.05) is 0 Å². The Hall–Kier alpha value is -2.76. The summed E-state index contributed by atoms with van der Waals surface area (Å²) in [5.74, 6) is -4.34. The monoisotopic (exact) mass is 729 g/mol. The van der Waals surface area contributed by atoms with Gasteiger partial charge in [-0.25, -0.2) is 23.9 Å². The van der Waals surface area contributed by atoms with Crippen molar-refractivity contribution < 1.29 is 50.2 Å². The number of alkyl halides is 3. The molecule has 7 rings (SSSR count). The van der Waals surface area contributed by atoms with E-state index in [9.17, 15) is 19.0 Å². The number of ether oxygens (including phenoxy) is 2. The summed E-state index contributed by atoms with van der Waals surface area (Å²) in [5.41, 5.74) is 3.32. The Balaban J connectivity index is 1.23. The van der Waals surface area contributed by atoms with Gasteiger partial charge in [0.1, 0.15) is 18.3 Å². The summed E-state index contributed by atoms with van der Waals surface area (Å²) in [6, 6.07) is 0. The van der Waals surface area contributed by atoms with E-state index in [0.29, 0.717) is 0 Å². The quantitative estimate of drug-likeness (QED) is 0.141. The standard InChI is InChI=1S/C20H20F3N9O10P2S2/c21-8-6-1-37-44(36,46)42-12-7(40-18(20(12,22)23)32-5-28-9-13(32)25-3-26-15(9)33)2-38-43(35,45)41-11(8)17(39-6)31-4-27-10-14(31)29-19(24)30-16(10)34/h3-8,11-12,17-18H,1-2H2,(H,35,45)(H,36,46)(H,25,26,33)(H3,24,29,30,34)/t6-,7-,8-,11-,12-,17-,18-,43?,44?/m1/s1. The Labute approximate surface area is 262 Å². The van der Waals surface area contributed by atoms with Gasteiger partial charge in [0.2, 0.25) is 12.2 Å². The first-order valence-electron chi connectivity index (χ1n) is 12.9. The summed E-state index contributed by atoms with van der Waals surface area (Å²) >= 11 is 8.88. The smallest absolute Gasteiger partial charge is 0.369 e. The molecule has 26 heteroatoms. The van der Waals surface area contributed by atoms with E-state index >= 15 is 13.2 Å². The summed E-state index contributed by atoms with van der Waals surface area (Å²) in [6.07, 6.45) is -10.7. The molecule has 3 aliphatic rings. The summed E-state index contributed by atoms with van der Waals surface area (Å²) < 4.78 is 95.4. The average Bonchev–Trinajstić information content (AvgIpc) is 3.71. The van der Waals surface area contributed by atoms with Gasteiger partial charge < -0.3 is 29.6 Å². The zero-order valence-corrected chi connectivity index (χ0v) is 26.0. The number of hydrogen-bond acceptors (Lipinski definition) is 15. The van der Waals surface area contributed by atoms with Gasteiger partial charge in [-0.05, 0) is 11.8 Å². The number of aromatic nitrogens is 8. The van der Waals surface area contributed by atoms with Gasteiger partial charge in [0.05, 0.1) is 32.2 Å². The maximum absolute atomic E-state index is 16.0. The maximum Gasteiger partial charge on any atom is 0.386 e. The minimum atomic E-state index is -4.65. The van der Waals surface area contributed by atoms with Crippen molar-refractivity contribution >= 4 is 65.8 Å². The number of rotatable bonds is 2. The van der Waals surface area contributed by atoms with Crippen LogP contribution >= 0.6 is 25.8 Å². The lowest BCUT2D eigenvalue weighted by molar-refractivity contribution is -0.135. The number of anilines is 1. The molecule has 9 atom stereocenters. The lowest BCUT2D eigenvalue weighted by Crippen LogP contribution is -2.41. The number of imidazole rings is 2. The molecule has 0 spiro atoms. The zero-order valence-electron chi connectivity index (χ0n) is 22.5. The first kappa shape index (κ1) is 31.8. The Kier molecular flexibility index (Phi) is 7.72. The summed E-state index contributed by atoms with van der Waals surface area (Å²) in [4.78, 5) is 55.3. The number of H-pyrrole nitrogens is 2. The van der Waals surface area contributed by atoms with Gasteiger partial charge in [0.25, 0.3) is 11.1 Å². The number of halogens is 3. The topological polar surface area (TPSA) is 246 Å². The van der Waals surface area contributed by atoms with Gasteiger partial charge in [-0.15, -0.1) is 0 Å². The summed E-state index contributed by atoms with van der Waals surface area (Å²) in [5, 5.41) is 0. The Morgan fingerprint density at radius 2 is 1.74 bits per heavy atom. The highest BCUT2D eigenvalue weighted by Crippen LogP contribution is 2.60. The molecule has 2 unspecified atom stereocenters. The van der Waals surface area contributed by atoms with Gasteiger partial charge in [-0.2, -0.15) is 13.8 Å². The van der Waals surface area contributed by atoms with Crippen LogP contribution < -0.4 is 16.9 Å². The van der Waals surface area contributed by atoms with Crippen LogP contribution in [0, 0.1) is 0 Å². The van der Waals surface area contributed by atoms with Crippen LogP contribution in [0.4, 0.5) is 19.1 Å². The molecule has 19 nitrogen and oxygen atoms in total. The van der Waals surface area contributed by atoms with E-state index in [1.165, 1.54) is 0 Å². The molecule has 2 bridgehead atoms. The van der Waals surface area contributed by atoms with Crippen molar-refractivity contribution in [2.24, 2.45) is 0 Å². The molecular weight excluding hydrogens is 709 g/mol. The van der Waals surface area contributed by atoms with E-state index in [2.05, 4.69) is 42.2 Å². The predicted molar refractivity (Wildman–Crippen MR) is 153 cm³/mol. The second kappa shape index (κ2) is 11.2. The second-order valence-electron chi connectivity index (χ2n) is 10.2. The molecule has 248 valence electrons. The average molecular weight is 730 g/mol. The van der Waals surface area contributed by atoms with Crippen molar-refractivity contribution in [3.05, 3.63) is 39.7 Å². The third kappa shape index (κ3) is 5.40. The highest BCUT2D eigenvalue weighted by molar-refractivity contribution is 8.44. The molecule has 3 aliphatic heterocycles. The molecule has 5 N–H and O–H groups in total. The van der Waals surface area contributed by atoms with Crippen LogP contribution in [-0.4, -0.2) is 93.7 Å². The second-order valence-corrected chi connectivity index (χ2v) is 15.8. The van der Waals surface area contributed by atoms with Crippen LogP contribution in [0.5, 0.6) is 0 Å². The van der Waals surface area contributed by atoms with Crippen molar-refractivity contribution in [2.45, 2.75) is 49.0 Å². The van der Waals surface area contributed by atoms with Crippen LogP contribution in [-0.2, 0) is 43.9 Å². The molecule has 7 heterocycles. The van der Waals surface area contributed by atoms with Crippen LogP contribution in [0.3, 0.4) is 0 Å². The molecule has 3 saturated heterocycles. The summed E-state index contributed by atoms with van der Waals surface area (Å²) in [6.45, 7) is -11.1. The van der Waals surface area contributed by atoms with E-state index in [0.717, 1.165) is 28.1 Å². The molecule has 46 heavy (non-hydrogen) atoms. The van der Waals surface area contributed by atoms with E-state index in [1.807, 2.05) is 0 Å². The van der Waals surface area contributed by atoms with Gasteiger partial charge in [0.15, 0.2) is 40.8 Å². The highest BCUT2D eigenvalue weighted by Gasteiger charge is 2.63. The van der Waals surface area contributed by atoms with Crippen LogP contribution in [0.25, 0.3) is 22.3 Å². The van der Waals surface area contributed by atoms with Crippen molar-refractivity contribution in [1.29, 1.82) is 0 Å². The Morgan fingerprint density at radius 1 is 1.04 bits per heavy atom. The largest absolute Gasteiger partial charge is 0.386 e. The fourth-order valence-corrected chi connectivity index (χ4v) is 8.13. The molecule has 0 radical (unpaired) electrons. The van der Waals surface area contributed by atoms with E-state index in [1.54, 1.807) is 0 Å². The number of hydrogen-bond donors (Lipinski definition) is 5. The molecule has 4 aromatic heterocycles. The third-order valence-corrected chi connectivity index (χ3v) is 10.4. The minimum Gasteiger partial charge on any atom is -0.369 e. The lowest BCUT2D eigenvalue weighted by Gasteiger charge is -2.28. The van der Waals surface area contributed by atoms with Gasteiger partial charge in [-0.1, -0.05) is 12.2 Å². The molecule has 3 fully saturated rings. The molecular formula is C20H20F3N9O10P2S2.